The monoisotopic (exact) mass is 470 g/mol. The van der Waals surface area contributed by atoms with Crippen LogP contribution in [0.4, 0.5) is 5.69 Å². The molecule has 0 radical (unpaired) electrons. The summed E-state index contributed by atoms with van der Waals surface area (Å²) in [6, 6.07) is 15.1. The largest absolute Gasteiger partial charge is 0.495 e. The average molecular weight is 471 g/mol. The van der Waals surface area contributed by atoms with E-state index in [9.17, 15) is 4.57 Å². The van der Waals surface area contributed by atoms with Crippen LogP contribution in [0.3, 0.4) is 0 Å². The van der Waals surface area contributed by atoms with Crippen molar-refractivity contribution in [1.29, 1.82) is 0 Å². The molecule has 0 fully saturated rings. The van der Waals surface area contributed by atoms with Crippen molar-refractivity contribution in [2.45, 2.75) is 20.3 Å². The van der Waals surface area contributed by atoms with Crippen LogP contribution in [0, 0.1) is 0 Å². The number of para-hydroxylation sites is 2. The number of benzene rings is 2. The maximum atomic E-state index is 13.1. The summed E-state index contributed by atoms with van der Waals surface area (Å²) in [6.07, 6.45) is 0.729. The van der Waals surface area contributed by atoms with Gasteiger partial charge in [0.15, 0.2) is 5.11 Å². The standard InChI is InChI=1S/C21H28ClN2O4PS/c1-4-27-29(25,28-5-2)16-24(15-14-17-10-12-18(22)13-11-17)21(30)23-19-8-6-7-9-20(19)26-3/h6-13H,4-5,14-16H2,1-3H3,(H,23,30). The molecular formula is C21H28ClN2O4PS. The Balaban J connectivity index is 2.20. The number of thiocarbonyl (C=S) groups is 1. The summed E-state index contributed by atoms with van der Waals surface area (Å²) in [5, 5.41) is 4.28. The van der Waals surface area contributed by atoms with Crippen molar-refractivity contribution in [1.82, 2.24) is 4.90 Å². The minimum absolute atomic E-state index is 0.0449. The maximum absolute atomic E-state index is 13.1. The molecule has 0 heterocycles. The van der Waals surface area contributed by atoms with E-state index < -0.39 is 7.60 Å². The molecule has 0 aliphatic heterocycles. The van der Waals surface area contributed by atoms with Crippen LogP contribution < -0.4 is 10.1 Å². The summed E-state index contributed by atoms with van der Waals surface area (Å²) in [7, 11) is -1.74. The first-order valence-electron chi connectivity index (χ1n) is 9.72. The predicted molar refractivity (Wildman–Crippen MR) is 127 cm³/mol. The number of anilines is 1. The molecular weight excluding hydrogens is 443 g/mol. The van der Waals surface area contributed by atoms with Crippen molar-refractivity contribution in [2.24, 2.45) is 0 Å². The van der Waals surface area contributed by atoms with Crippen LogP contribution in [0.15, 0.2) is 48.5 Å². The van der Waals surface area contributed by atoms with E-state index in [4.69, 9.17) is 37.6 Å². The molecule has 0 aromatic heterocycles. The summed E-state index contributed by atoms with van der Waals surface area (Å²) in [5.41, 5.74) is 1.82. The zero-order valence-electron chi connectivity index (χ0n) is 17.5. The molecule has 164 valence electrons. The van der Waals surface area contributed by atoms with Crippen LogP contribution in [0.2, 0.25) is 5.02 Å². The Morgan fingerprint density at radius 2 is 1.73 bits per heavy atom. The number of ether oxygens (including phenoxy) is 1. The molecule has 30 heavy (non-hydrogen) atoms. The second-order valence-electron chi connectivity index (χ2n) is 6.36. The fraction of sp³-hybridized carbons (Fsp3) is 0.381. The second kappa shape index (κ2) is 12.3. The van der Waals surface area contributed by atoms with Crippen LogP contribution in [0.5, 0.6) is 5.75 Å². The second-order valence-corrected chi connectivity index (χ2v) is 9.20. The van der Waals surface area contributed by atoms with E-state index in [0.717, 1.165) is 11.3 Å². The quantitative estimate of drug-likeness (QED) is 0.328. The van der Waals surface area contributed by atoms with Crippen molar-refractivity contribution in [3.8, 4) is 5.75 Å². The highest BCUT2D eigenvalue weighted by atomic mass is 35.5. The number of halogens is 1. The fourth-order valence-electron chi connectivity index (χ4n) is 2.82. The van der Waals surface area contributed by atoms with E-state index >= 15 is 0 Å². The molecule has 0 unspecified atom stereocenters. The van der Waals surface area contributed by atoms with Crippen LogP contribution >= 0.6 is 31.4 Å². The third kappa shape index (κ3) is 7.56. The molecule has 0 saturated heterocycles. The third-order valence-electron chi connectivity index (χ3n) is 4.21. The molecule has 0 amide bonds. The van der Waals surface area contributed by atoms with Gasteiger partial charge in [-0.3, -0.25) is 4.57 Å². The molecule has 1 N–H and O–H groups in total. The average Bonchev–Trinajstić information content (AvgIpc) is 2.73. The highest BCUT2D eigenvalue weighted by Gasteiger charge is 2.28. The van der Waals surface area contributed by atoms with Gasteiger partial charge in [-0.05, 0) is 62.3 Å². The van der Waals surface area contributed by atoms with E-state index in [1.54, 1.807) is 21.0 Å². The first kappa shape index (κ1) is 24.6. The Bertz CT molecular complexity index is 856. The van der Waals surface area contributed by atoms with Gasteiger partial charge < -0.3 is 24.0 Å². The van der Waals surface area contributed by atoms with E-state index in [0.29, 0.717) is 28.9 Å². The van der Waals surface area contributed by atoms with Gasteiger partial charge in [-0.15, -0.1) is 0 Å². The molecule has 2 aromatic carbocycles. The highest BCUT2D eigenvalue weighted by molar-refractivity contribution is 7.80. The summed E-state index contributed by atoms with van der Waals surface area (Å²) in [5.74, 6) is 0.662. The third-order valence-corrected chi connectivity index (χ3v) is 6.82. The molecule has 0 spiro atoms. The van der Waals surface area contributed by atoms with Crippen LogP contribution in [-0.2, 0) is 20.0 Å². The first-order chi connectivity index (χ1) is 14.4. The van der Waals surface area contributed by atoms with Gasteiger partial charge in [0.2, 0.25) is 0 Å². The van der Waals surface area contributed by atoms with Crippen LogP contribution in [0.1, 0.15) is 19.4 Å². The van der Waals surface area contributed by atoms with Gasteiger partial charge in [0.1, 0.15) is 12.0 Å². The van der Waals surface area contributed by atoms with Crippen molar-refractivity contribution in [3.63, 3.8) is 0 Å². The van der Waals surface area contributed by atoms with Crippen LogP contribution in [-0.4, -0.2) is 43.2 Å². The Morgan fingerprint density at radius 3 is 2.33 bits per heavy atom. The zero-order valence-corrected chi connectivity index (χ0v) is 19.9. The molecule has 0 aliphatic rings. The molecule has 0 saturated carbocycles. The van der Waals surface area contributed by atoms with Crippen molar-refractivity contribution in [2.75, 3.05) is 38.5 Å². The van der Waals surface area contributed by atoms with Gasteiger partial charge in [-0.25, -0.2) is 0 Å². The summed E-state index contributed by atoms with van der Waals surface area (Å²) in [4.78, 5) is 1.81. The van der Waals surface area contributed by atoms with Gasteiger partial charge in [0, 0.05) is 11.6 Å². The molecule has 6 nitrogen and oxygen atoms in total. The van der Waals surface area contributed by atoms with E-state index in [1.807, 2.05) is 53.4 Å². The normalized spacial score (nSPS) is 11.2. The summed E-state index contributed by atoms with van der Waals surface area (Å²) in [6.45, 7) is 4.67. The first-order valence-corrected chi connectivity index (χ1v) is 12.2. The minimum Gasteiger partial charge on any atom is -0.495 e. The molecule has 9 heteroatoms. The lowest BCUT2D eigenvalue weighted by atomic mass is 10.1. The SMILES string of the molecule is CCOP(=O)(CN(CCc1ccc(Cl)cc1)C(=S)Nc1ccccc1OC)OCC. The molecule has 0 bridgehead atoms. The van der Waals surface area contributed by atoms with Crippen molar-refractivity contribution in [3.05, 3.63) is 59.1 Å². The minimum atomic E-state index is -3.34. The number of hydrogen-bond acceptors (Lipinski definition) is 5. The Kier molecular flexibility index (Phi) is 10.1. The highest BCUT2D eigenvalue weighted by Crippen LogP contribution is 2.48. The van der Waals surface area contributed by atoms with Crippen molar-refractivity contribution < 1.29 is 18.3 Å². The lowest BCUT2D eigenvalue weighted by Gasteiger charge is -2.29. The Labute approximate surface area is 189 Å². The van der Waals surface area contributed by atoms with Gasteiger partial charge in [-0.2, -0.15) is 0 Å². The molecule has 2 rings (SSSR count). The van der Waals surface area contributed by atoms with E-state index in [-0.39, 0.29) is 19.5 Å². The van der Waals surface area contributed by atoms with Crippen LogP contribution in [0.25, 0.3) is 0 Å². The summed E-state index contributed by atoms with van der Waals surface area (Å²) < 4.78 is 29.5. The molecule has 2 aromatic rings. The topological polar surface area (TPSA) is 60.0 Å². The number of methoxy groups -OCH3 is 1. The maximum Gasteiger partial charge on any atom is 0.349 e. The number of nitrogens with one attached hydrogen (secondary N) is 1. The Morgan fingerprint density at radius 1 is 1.10 bits per heavy atom. The van der Waals surface area contributed by atoms with E-state index in [1.165, 1.54) is 0 Å². The predicted octanol–water partition coefficient (Wildman–Crippen LogP) is 5.81. The van der Waals surface area contributed by atoms with Gasteiger partial charge in [0.25, 0.3) is 0 Å². The number of nitrogens with zero attached hydrogens (tertiary/aromatic N) is 1. The van der Waals surface area contributed by atoms with Gasteiger partial charge in [0.05, 0.1) is 26.0 Å². The summed E-state index contributed by atoms with van der Waals surface area (Å²) >= 11 is 11.6. The molecule has 0 atom stereocenters. The van der Waals surface area contributed by atoms with Gasteiger partial charge in [-0.1, -0.05) is 35.9 Å². The van der Waals surface area contributed by atoms with Crippen molar-refractivity contribution >= 4 is 42.2 Å². The zero-order chi connectivity index (χ0) is 22.0. The Hall–Kier alpha value is -1.63. The fourth-order valence-corrected chi connectivity index (χ4v) is 5.03. The lowest BCUT2D eigenvalue weighted by molar-refractivity contribution is 0.210. The smallest absolute Gasteiger partial charge is 0.349 e. The number of hydrogen-bond donors (Lipinski definition) is 1. The molecule has 0 aliphatic carbocycles. The number of rotatable bonds is 11. The lowest BCUT2D eigenvalue weighted by Crippen LogP contribution is -2.37. The van der Waals surface area contributed by atoms with Gasteiger partial charge >= 0.3 is 7.60 Å². The van der Waals surface area contributed by atoms with E-state index in [2.05, 4.69) is 5.32 Å².